The average molecular weight is 328 g/mol. The molecule has 0 heterocycles. The molecule has 1 aromatic carbocycles. The second-order valence-corrected chi connectivity index (χ2v) is 13.8. The molecule has 0 spiro atoms. The molecule has 0 aliphatic heterocycles. The first-order chi connectivity index (χ1) is 7.65. The topological polar surface area (TPSA) is 37.3 Å². The van der Waals surface area contributed by atoms with Crippen LogP contribution in [0.4, 0.5) is 0 Å². The molecule has 1 radical (unpaired) electrons. The van der Waals surface area contributed by atoms with Gasteiger partial charge in [-0.25, -0.2) is 4.79 Å². The first-order valence-corrected chi connectivity index (χ1v) is 11.8. The molecule has 0 saturated heterocycles. The third-order valence-corrected chi connectivity index (χ3v) is 11.1. The number of carbonyl (C=O) groups is 1. The number of carboxylic acids is 1. The summed E-state index contributed by atoms with van der Waals surface area (Å²) in [5, 5.41) is 8.38. The zero-order valence-corrected chi connectivity index (χ0v) is 13.2. The van der Waals surface area contributed by atoms with Gasteiger partial charge in [0.2, 0.25) is 0 Å². The molecule has 3 heteroatoms. The molecule has 0 fully saturated rings. The Morgan fingerprint density at radius 1 is 1.06 bits per heavy atom. The van der Waals surface area contributed by atoms with Crippen LogP contribution in [0.1, 0.15) is 31.1 Å². The Hall–Kier alpha value is -0.511. The molecule has 1 rings (SSSR count). The van der Waals surface area contributed by atoms with Crippen LogP contribution in [0.3, 0.4) is 0 Å². The molecule has 1 N–H and O–H groups in total. The Morgan fingerprint density at radius 2 is 1.50 bits per heavy atom. The number of hydrogen-bond donors (Lipinski definition) is 1. The van der Waals surface area contributed by atoms with Crippen LogP contribution < -0.4 is 0 Å². The van der Waals surface area contributed by atoms with Crippen molar-refractivity contribution in [3.05, 3.63) is 35.9 Å². The zero-order valence-electron chi connectivity index (χ0n) is 10.4. The SMILES string of the molecule is C[CH2][Sn]([CH2]C)[CH2]C.O=C(O)c1ccccc1. The van der Waals surface area contributed by atoms with Gasteiger partial charge >= 0.3 is 59.8 Å². The van der Waals surface area contributed by atoms with Gasteiger partial charge < -0.3 is 5.11 Å². The standard InChI is InChI=1S/C7H6O2.3C2H5.Sn/c8-7(9)6-4-2-1-3-5-6;3*1-2;/h1-5H,(H,8,9);3*1H2,2H3;. The molecule has 0 aromatic heterocycles. The van der Waals surface area contributed by atoms with Crippen LogP contribution in [-0.4, -0.2) is 30.8 Å². The average Bonchev–Trinajstić information content (AvgIpc) is 2.33. The Labute approximate surface area is 105 Å². The second-order valence-electron chi connectivity index (χ2n) is 3.48. The molecule has 0 amide bonds. The predicted molar refractivity (Wildman–Crippen MR) is 70.6 cm³/mol. The maximum atomic E-state index is 10.2. The summed E-state index contributed by atoms with van der Waals surface area (Å²) in [6.45, 7) is 7.05. The minimum Gasteiger partial charge on any atom is -0.478 e. The van der Waals surface area contributed by atoms with Crippen molar-refractivity contribution in [2.75, 3.05) is 0 Å². The van der Waals surface area contributed by atoms with E-state index >= 15 is 0 Å². The fraction of sp³-hybridized carbons (Fsp3) is 0.462. The fourth-order valence-corrected chi connectivity index (χ4v) is 5.61. The quantitative estimate of drug-likeness (QED) is 0.851. The molecule has 1 aromatic rings. The number of aromatic carboxylic acids is 1. The van der Waals surface area contributed by atoms with Gasteiger partial charge in [0, 0.05) is 0 Å². The van der Waals surface area contributed by atoms with Gasteiger partial charge in [0.25, 0.3) is 0 Å². The van der Waals surface area contributed by atoms with Gasteiger partial charge in [0.15, 0.2) is 0 Å². The van der Waals surface area contributed by atoms with E-state index in [0.717, 1.165) is 0 Å². The van der Waals surface area contributed by atoms with Crippen LogP contribution in [-0.2, 0) is 0 Å². The molecule has 0 aliphatic carbocycles. The van der Waals surface area contributed by atoms with E-state index in [1.807, 2.05) is 0 Å². The van der Waals surface area contributed by atoms with E-state index < -0.39 is 25.7 Å². The molecule has 0 bridgehead atoms. The molecule has 0 atom stereocenters. The van der Waals surface area contributed by atoms with Gasteiger partial charge in [-0.1, -0.05) is 18.2 Å². The van der Waals surface area contributed by atoms with Crippen molar-refractivity contribution in [3.8, 4) is 0 Å². The largest absolute Gasteiger partial charge is 0.478 e. The summed E-state index contributed by atoms with van der Waals surface area (Å²) >= 11 is -0.653. The van der Waals surface area contributed by atoms with Gasteiger partial charge in [-0.15, -0.1) is 0 Å². The zero-order chi connectivity index (χ0) is 12.4. The molecule has 0 saturated carbocycles. The van der Waals surface area contributed by atoms with Gasteiger partial charge in [-0.2, -0.15) is 0 Å². The molecule has 16 heavy (non-hydrogen) atoms. The van der Waals surface area contributed by atoms with Gasteiger partial charge in [-0.3, -0.25) is 0 Å². The summed E-state index contributed by atoms with van der Waals surface area (Å²) in [5.41, 5.74) is 0.331. The van der Waals surface area contributed by atoms with Crippen LogP contribution in [0.5, 0.6) is 0 Å². The third kappa shape index (κ3) is 6.88. The van der Waals surface area contributed by atoms with Crippen molar-refractivity contribution in [1.82, 2.24) is 0 Å². The van der Waals surface area contributed by atoms with Gasteiger partial charge in [-0.05, 0) is 12.1 Å². The van der Waals surface area contributed by atoms with E-state index in [1.165, 1.54) is 0 Å². The van der Waals surface area contributed by atoms with E-state index in [-0.39, 0.29) is 0 Å². The minimum atomic E-state index is -0.879. The van der Waals surface area contributed by atoms with Crippen molar-refractivity contribution in [1.29, 1.82) is 0 Å². The summed E-state index contributed by atoms with van der Waals surface area (Å²) in [7, 11) is 0. The van der Waals surface area contributed by atoms with E-state index in [1.54, 1.807) is 43.6 Å². The first-order valence-electron chi connectivity index (χ1n) is 5.77. The summed E-state index contributed by atoms with van der Waals surface area (Å²) in [5.74, 6) is -0.879. The predicted octanol–water partition coefficient (Wildman–Crippen LogP) is 3.93. The Morgan fingerprint density at radius 3 is 1.69 bits per heavy atom. The monoisotopic (exact) mass is 329 g/mol. The maximum absolute atomic E-state index is 10.2. The molecular weight excluding hydrogens is 307 g/mol. The Bertz CT molecular complexity index is 276. The fourth-order valence-electron chi connectivity index (χ4n) is 1.33. The van der Waals surface area contributed by atoms with Crippen LogP contribution in [0.15, 0.2) is 30.3 Å². The smallest absolute Gasteiger partial charge is 0.335 e. The van der Waals surface area contributed by atoms with E-state index in [9.17, 15) is 4.79 Å². The van der Waals surface area contributed by atoms with Crippen molar-refractivity contribution < 1.29 is 9.90 Å². The molecule has 89 valence electrons. The maximum Gasteiger partial charge on any atom is 0.335 e. The van der Waals surface area contributed by atoms with Gasteiger partial charge in [0.1, 0.15) is 0 Å². The van der Waals surface area contributed by atoms with E-state index in [4.69, 9.17) is 5.11 Å². The summed E-state index contributed by atoms with van der Waals surface area (Å²) in [6, 6.07) is 8.30. The van der Waals surface area contributed by atoms with Crippen LogP contribution >= 0.6 is 0 Å². The van der Waals surface area contributed by atoms with Crippen molar-refractivity contribution >= 4 is 25.7 Å². The number of benzene rings is 1. The first kappa shape index (κ1) is 15.5. The van der Waals surface area contributed by atoms with Crippen molar-refractivity contribution in [2.45, 2.75) is 34.1 Å². The molecular formula is C13H21O2Sn. The molecule has 2 nitrogen and oxygen atoms in total. The normalized spacial score (nSPS) is 9.50. The number of rotatable bonds is 4. The second kappa shape index (κ2) is 9.70. The minimum absolute atomic E-state index is 0.331. The number of hydrogen-bond acceptors (Lipinski definition) is 1. The number of carboxylic acid groups (broad SMARTS) is 1. The van der Waals surface area contributed by atoms with Gasteiger partial charge in [0.05, 0.1) is 5.56 Å². The third-order valence-electron chi connectivity index (χ3n) is 2.52. The van der Waals surface area contributed by atoms with Crippen LogP contribution in [0.2, 0.25) is 13.3 Å². The Balaban J connectivity index is 0.000000293. The summed E-state index contributed by atoms with van der Waals surface area (Å²) in [4.78, 5) is 10.2. The van der Waals surface area contributed by atoms with Crippen LogP contribution in [0, 0.1) is 0 Å². The Kier molecular flexibility index (Phi) is 9.39. The van der Waals surface area contributed by atoms with E-state index in [0.29, 0.717) is 5.56 Å². The molecule has 0 aliphatic rings. The summed E-state index contributed by atoms with van der Waals surface area (Å²) < 4.78 is 4.65. The van der Waals surface area contributed by atoms with E-state index in [2.05, 4.69) is 20.8 Å². The summed E-state index contributed by atoms with van der Waals surface area (Å²) in [6.07, 6.45) is 0. The van der Waals surface area contributed by atoms with Crippen LogP contribution in [0.25, 0.3) is 0 Å². The molecule has 0 unspecified atom stereocenters. The van der Waals surface area contributed by atoms with Crippen molar-refractivity contribution in [2.24, 2.45) is 0 Å². The van der Waals surface area contributed by atoms with Crippen molar-refractivity contribution in [3.63, 3.8) is 0 Å².